The van der Waals surface area contributed by atoms with Crippen LogP contribution in [0.2, 0.25) is 0 Å². The van der Waals surface area contributed by atoms with Crippen molar-refractivity contribution in [3.63, 3.8) is 0 Å². The van der Waals surface area contributed by atoms with E-state index in [4.69, 9.17) is 4.74 Å². The van der Waals surface area contributed by atoms with E-state index in [1.165, 1.54) is 29.9 Å². The third kappa shape index (κ3) is 4.54. The maximum atomic E-state index is 5.51. The predicted molar refractivity (Wildman–Crippen MR) is 79.4 cm³/mol. The van der Waals surface area contributed by atoms with Gasteiger partial charge in [0.05, 0.1) is 6.61 Å². The third-order valence-electron chi connectivity index (χ3n) is 3.31. The molecule has 1 N–H and O–H groups in total. The van der Waals surface area contributed by atoms with Gasteiger partial charge in [-0.25, -0.2) is 0 Å². The van der Waals surface area contributed by atoms with Crippen molar-refractivity contribution in [2.75, 3.05) is 24.7 Å². The van der Waals surface area contributed by atoms with Crippen LogP contribution in [-0.4, -0.2) is 24.7 Å². The average molecular weight is 265 g/mol. The van der Waals surface area contributed by atoms with Crippen LogP contribution in [0.3, 0.4) is 0 Å². The first-order valence-corrected chi connectivity index (χ1v) is 8.04. The van der Waals surface area contributed by atoms with Crippen molar-refractivity contribution < 1.29 is 4.74 Å². The predicted octanol–water partition coefficient (Wildman–Crippen LogP) is 3.32. The summed E-state index contributed by atoms with van der Waals surface area (Å²) in [6.07, 6.45) is 2.74. The molecule has 0 amide bonds. The highest BCUT2D eigenvalue weighted by Crippen LogP contribution is 2.22. The first kappa shape index (κ1) is 13.8. The Kier molecular flexibility index (Phi) is 5.88. The molecule has 1 heterocycles. The number of rotatable bonds is 6. The first-order chi connectivity index (χ1) is 8.88. The van der Waals surface area contributed by atoms with Crippen molar-refractivity contribution in [2.45, 2.75) is 26.3 Å². The lowest BCUT2D eigenvalue weighted by Gasteiger charge is -2.21. The van der Waals surface area contributed by atoms with Crippen LogP contribution in [0.15, 0.2) is 24.3 Å². The van der Waals surface area contributed by atoms with Gasteiger partial charge in [-0.2, -0.15) is 11.8 Å². The number of thioether (sulfide) groups is 1. The molecule has 0 unspecified atom stereocenters. The van der Waals surface area contributed by atoms with E-state index in [-0.39, 0.29) is 0 Å². The van der Waals surface area contributed by atoms with Crippen LogP contribution in [0.5, 0.6) is 5.75 Å². The number of hydrogen-bond acceptors (Lipinski definition) is 3. The first-order valence-electron chi connectivity index (χ1n) is 6.88. The second kappa shape index (κ2) is 7.70. The fraction of sp³-hybridized carbons (Fsp3) is 0.600. The minimum Gasteiger partial charge on any atom is -0.494 e. The van der Waals surface area contributed by atoms with Gasteiger partial charge in [-0.05, 0) is 61.4 Å². The lowest BCUT2D eigenvalue weighted by molar-refractivity contribution is 0.339. The molecule has 0 aliphatic carbocycles. The van der Waals surface area contributed by atoms with Crippen LogP contribution >= 0.6 is 11.8 Å². The zero-order valence-electron chi connectivity index (χ0n) is 11.2. The molecule has 0 spiro atoms. The van der Waals surface area contributed by atoms with E-state index in [0.717, 1.165) is 31.4 Å². The van der Waals surface area contributed by atoms with Gasteiger partial charge in [0.15, 0.2) is 0 Å². The van der Waals surface area contributed by atoms with Gasteiger partial charge >= 0.3 is 0 Å². The van der Waals surface area contributed by atoms with Crippen LogP contribution < -0.4 is 10.1 Å². The van der Waals surface area contributed by atoms with Gasteiger partial charge in [0.2, 0.25) is 0 Å². The summed E-state index contributed by atoms with van der Waals surface area (Å²) < 4.78 is 5.51. The summed E-state index contributed by atoms with van der Waals surface area (Å²) in [4.78, 5) is 0. The van der Waals surface area contributed by atoms with Crippen molar-refractivity contribution in [2.24, 2.45) is 5.92 Å². The van der Waals surface area contributed by atoms with E-state index in [9.17, 15) is 0 Å². The highest BCUT2D eigenvalue weighted by Gasteiger charge is 2.12. The number of benzene rings is 1. The minimum atomic E-state index is 0.733. The molecule has 0 bridgehead atoms. The molecule has 100 valence electrons. The van der Waals surface area contributed by atoms with Crippen molar-refractivity contribution in [1.82, 2.24) is 5.32 Å². The average Bonchev–Trinajstić information content (AvgIpc) is 2.41. The van der Waals surface area contributed by atoms with E-state index >= 15 is 0 Å². The van der Waals surface area contributed by atoms with Gasteiger partial charge in [0.1, 0.15) is 5.75 Å². The zero-order chi connectivity index (χ0) is 12.6. The number of ether oxygens (including phenoxy) is 1. The molecular formula is C15H23NOS. The Labute approximate surface area is 114 Å². The quantitative estimate of drug-likeness (QED) is 0.852. The second-order valence-electron chi connectivity index (χ2n) is 4.77. The van der Waals surface area contributed by atoms with Gasteiger partial charge in [-0.1, -0.05) is 12.1 Å². The van der Waals surface area contributed by atoms with Crippen molar-refractivity contribution >= 4 is 11.8 Å². The molecule has 1 aromatic carbocycles. The van der Waals surface area contributed by atoms with Crippen molar-refractivity contribution in [3.05, 3.63) is 29.8 Å². The smallest absolute Gasteiger partial charge is 0.119 e. The molecule has 3 heteroatoms. The third-order valence-corrected chi connectivity index (χ3v) is 4.36. The highest BCUT2D eigenvalue weighted by molar-refractivity contribution is 7.99. The lowest BCUT2D eigenvalue weighted by Crippen LogP contribution is -2.25. The maximum absolute atomic E-state index is 5.51. The van der Waals surface area contributed by atoms with E-state index < -0.39 is 0 Å². The van der Waals surface area contributed by atoms with Crippen molar-refractivity contribution in [3.8, 4) is 5.75 Å². The molecule has 18 heavy (non-hydrogen) atoms. The summed E-state index contributed by atoms with van der Waals surface area (Å²) in [5.74, 6) is 4.53. The van der Waals surface area contributed by atoms with Crippen molar-refractivity contribution in [1.29, 1.82) is 0 Å². The fourth-order valence-corrected chi connectivity index (χ4v) is 3.49. The topological polar surface area (TPSA) is 21.3 Å². The molecule has 1 aliphatic heterocycles. The molecule has 1 aliphatic rings. The van der Waals surface area contributed by atoms with Crippen LogP contribution in [0.4, 0.5) is 0 Å². The van der Waals surface area contributed by atoms with Crippen LogP contribution in [0.25, 0.3) is 0 Å². The van der Waals surface area contributed by atoms with Crippen LogP contribution in [-0.2, 0) is 6.54 Å². The number of nitrogens with one attached hydrogen (secondary N) is 1. The van der Waals surface area contributed by atoms with Gasteiger partial charge in [0.25, 0.3) is 0 Å². The largest absolute Gasteiger partial charge is 0.494 e. The van der Waals surface area contributed by atoms with Gasteiger partial charge < -0.3 is 10.1 Å². The van der Waals surface area contributed by atoms with E-state index in [1.807, 2.05) is 13.0 Å². The van der Waals surface area contributed by atoms with Gasteiger partial charge in [0, 0.05) is 6.54 Å². The zero-order valence-corrected chi connectivity index (χ0v) is 12.0. The summed E-state index contributed by atoms with van der Waals surface area (Å²) in [5, 5.41) is 3.58. The Balaban J connectivity index is 1.73. The highest BCUT2D eigenvalue weighted by atomic mass is 32.2. The maximum Gasteiger partial charge on any atom is 0.119 e. The molecule has 0 aromatic heterocycles. The summed E-state index contributed by atoms with van der Waals surface area (Å²) in [7, 11) is 0. The fourth-order valence-electron chi connectivity index (χ4n) is 2.28. The Morgan fingerprint density at radius 2 is 2.17 bits per heavy atom. The summed E-state index contributed by atoms with van der Waals surface area (Å²) in [6.45, 7) is 4.85. The molecule has 1 aromatic rings. The lowest BCUT2D eigenvalue weighted by atomic mass is 10.0. The molecule has 0 atom stereocenters. The molecule has 2 nitrogen and oxygen atoms in total. The Morgan fingerprint density at radius 3 is 2.94 bits per heavy atom. The van der Waals surface area contributed by atoms with Crippen LogP contribution in [0, 0.1) is 5.92 Å². The number of hydrogen-bond donors (Lipinski definition) is 1. The van der Waals surface area contributed by atoms with E-state index in [2.05, 4.69) is 35.3 Å². The molecule has 0 radical (unpaired) electrons. The Bertz CT molecular complexity index is 350. The summed E-state index contributed by atoms with van der Waals surface area (Å²) in [6, 6.07) is 8.38. The van der Waals surface area contributed by atoms with E-state index in [0.29, 0.717) is 0 Å². The summed E-state index contributed by atoms with van der Waals surface area (Å²) in [5.41, 5.74) is 1.31. The second-order valence-corrected chi connectivity index (χ2v) is 5.99. The van der Waals surface area contributed by atoms with Crippen LogP contribution in [0.1, 0.15) is 25.3 Å². The molecule has 1 fully saturated rings. The Hall–Kier alpha value is -0.670. The Morgan fingerprint density at radius 1 is 1.33 bits per heavy atom. The molecule has 0 saturated carbocycles. The van der Waals surface area contributed by atoms with E-state index in [1.54, 1.807) is 0 Å². The monoisotopic (exact) mass is 265 g/mol. The molecule has 1 saturated heterocycles. The van der Waals surface area contributed by atoms with Gasteiger partial charge in [-0.3, -0.25) is 0 Å². The molecule has 2 rings (SSSR count). The SMILES string of the molecule is CCOc1cccc(CNCC2CCSCC2)c1. The molecular weight excluding hydrogens is 242 g/mol. The summed E-state index contributed by atoms with van der Waals surface area (Å²) >= 11 is 2.09. The minimum absolute atomic E-state index is 0.733. The normalized spacial score (nSPS) is 16.7. The van der Waals surface area contributed by atoms with Gasteiger partial charge in [-0.15, -0.1) is 0 Å². The standard InChI is InChI=1S/C15H23NOS/c1-2-17-15-5-3-4-14(10-15)12-16-11-13-6-8-18-9-7-13/h3-5,10,13,16H,2,6-9,11-12H2,1H3.